The highest BCUT2D eigenvalue weighted by Gasteiger charge is 2.20. The maximum Gasteiger partial charge on any atom is 0.230 e. The molecule has 0 saturated heterocycles. The number of rotatable bonds is 8. The number of thioether (sulfide) groups is 1. The predicted octanol–water partition coefficient (Wildman–Crippen LogP) is 5.23. The summed E-state index contributed by atoms with van der Waals surface area (Å²) in [6.07, 6.45) is 10.1. The zero-order chi connectivity index (χ0) is 16.9. The molecule has 130 valence electrons. The minimum atomic E-state index is -0.213. The highest BCUT2D eigenvalue weighted by Crippen LogP contribution is 2.35. The van der Waals surface area contributed by atoms with Crippen molar-refractivity contribution in [1.82, 2.24) is 0 Å². The minimum absolute atomic E-state index is 0.149. The van der Waals surface area contributed by atoms with Crippen LogP contribution in [0.25, 0.3) is 11.0 Å². The van der Waals surface area contributed by atoms with Gasteiger partial charge in [-0.2, -0.15) is 0 Å². The number of primary amides is 1. The molecule has 1 aromatic heterocycles. The van der Waals surface area contributed by atoms with Crippen molar-refractivity contribution in [1.29, 1.82) is 0 Å². The van der Waals surface area contributed by atoms with Crippen molar-refractivity contribution in [2.45, 2.75) is 74.9 Å². The topological polar surface area (TPSA) is 56.2 Å². The fourth-order valence-electron chi connectivity index (χ4n) is 3.50. The number of benzene rings is 1. The van der Waals surface area contributed by atoms with Crippen LogP contribution in [0.3, 0.4) is 0 Å². The van der Waals surface area contributed by atoms with Gasteiger partial charge >= 0.3 is 0 Å². The molecule has 0 fully saturated rings. The summed E-state index contributed by atoms with van der Waals surface area (Å²) >= 11 is 1.58. The van der Waals surface area contributed by atoms with E-state index in [-0.39, 0.29) is 11.2 Å². The molecule has 0 spiro atoms. The van der Waals surface area contributed by atoms with Crippen LogP contribution in [0.4, 0.5) is 0 Å². The van der Waals surface area contributed by atoms with E-state index in [4.69, 9.17) is 10.2 Å². The number of carbonyl (C=O) groups is 1. The van der Waals surface area contributed by atoms with E-state index in [0.29, 0.717) is 0 Å². The number of amides is 1. The van der Waals surface area contributed by atoms with Crippen molar-refractivity contribution in [3.05, 3.63) is 29.5 Å². The molecule has 2 N–H and O–H groups in total. The van der Waals surface area contributed by atoms with E-state index in [9.17, 15) is 4.79 Å². The molecule has 0 radical (unpaired) electrons. The third kappa shape index (κ3) is 3.97. The monoisotopic (exact) mass is 345 g/mol. The van der Waals surface area contributed by atoms with Gasteiger partial charge in [-0.25, -0.2) is 0 Å². The zero-order valence-electron chi connectivity index (χ0n) is 14.5. The Kier molecular flexibility index (Phi) is 5.88. The van der Waals surface area contributed by atoms with Gasteiger partial charge < -0.3 is 10.2 Å². The van der Waals surface area contributed by atoms with Crippen LogP contribution in [0.5, 0.6) is 0 Å². The van der Waals surface area contributed by atoms with Gasteiger partial charge in [0.2, 0.25) is 5.91 Å². The fraction of sp³-hybridized carbons (Fsp3) is 0.550. The normalized spacial score (nSPS) is 15.4. The van der Waals surface area contributed by atoms with E-state index in [1.54, 1.807) is 11.8 Å². The lowest BCUT2D eigenvalue weighted by Gasteiger charge is -2.13. The van der Waals surface area contributed by atoms with Crippen molar-refractivity contribution in [3.8, 4) is 0 Å². The first-order valence-corrected chi connectivity index (χ1v) is 10.1. The average molecular weight is 346 g/mol. The van der Waals surface area contributed by atoms with Crippen LogP contribution >= 0.6 is 11.8 Å². The second kappa shape index (κ2) is 8.11. The van der Waals surface area contributed by atoms with Gasteiger partial charge in [-0.1, -0.05) is 32.6 Å². The molecule has 3 rings (SSSR count). The van der Waals surface area contributed by atoms with Crippen LogP contribution in [0.2, 0.25) is 0 Å². The number of fused-ring (bicyclic) bond motifs is 3. The SMILES string of the molecule is CCCCCCC(Sc1ccc2c3c(oc2c1)CCCC3)C(N)=O. The maximum absolute atomic E-state index is 11.8. The summed E-state index contributed by atoms with van der Waals surface area (Å²) in [4.78, 5) is 12.8. The molecule has 1 amide bonds. The maximum atomic E-state index is 11.8. The summed E-state index contributed by atoms with van der Waals surface area (Å²) in [5.74, 6) is 0.944. The van der Waals surface area contributed by atoms with Crippen molar-refractivity contribution < 1.29 is 9.21 Å². The van der Waals surface area contributed by atoms with Gasteiger partial charge in [0, 0.05) is 22.3 Å². The van der Waals surface area contributed by atoms with Crippen molar-refractivity contribution in [2.75, 3.05) is 0 Å². The Morgan fingerprint density at radius 1 is 1.25 bits per heavy atom. The summed E-state index contributed by atoms with van der Waals surface area (Å²) in [6.45, 7) is 2.19. The lowest BCUT2D eigenvalue weighted by molar-refractivity contribution is -0.117. The van der Waals surface area contributed by atoms with Gasteiger partial charge in [0.25, 0.3) is 0 Å². The Bertz CT molecular complexity index is 707. The Morgan fingerprint density at radius 2 is 2.08 bits per heavy atom. The molecule has 4 heteroatoms. The quantitative estimate of drug-likeness (QED) is 0.526. The van der Waals surface area contributed by atoms with Gasteiger partial charge in [0.05, 0.1) is 5.25 Å². The molecule has 24 heavy (non-hydrogen) atoms. The summed E-state index contributed by atoms with van der Waals surface area (Å²) < 4.78 is 6.06. The molecule has 0 aliphatic heterocycles. The van der Waals surface area contributed by atoms with Crippen LogP contribution in [0.15, 0.2) is 27.5 Å². The summed E-state index contributed by atoms with van der Waals surface area (Å²) in [5.41, 5.74) is 7.96. The predicted molar refractivity (Wildman–Crippen MR) is 100 cm³/mol. The van der Waals surface area contributed by atoms with E-state index in [1.165, 1.54) is 43.1 Å². The van der Waals surface area contributed by atoms with Gasteiger partial charge in [-0.3, -0.25) is 4.79 Å². The Hall–Kier alpha value is -1.42. The van der Waals surface area contributed by atoms with Crippen molar-refractivity contribution in [3.63, 3.8) is 0 Å². The van der Waals surface area contributed by atoms with Gasteiger partial charge in [-0.15, -0.1) is 11.8 Å². The summed E-state index contributed by atoms with van der Waals surface area (Å²) in [7, 11) is 0. The third-order valence-electron chi connectivity index (χ3n) is 4.84. The number of carbonyl (C=O) groups excluding carboxylic acids is 1. The standard InChI is InChI=1S/C20H27NO2S/c1-2-3-4-5-10-19(20(21)22)24-14-11-12-16-15-8-6-7-9-17(15)23-18(16)13-14/h11-13,19H,2-10H2,1H3,(H2,21,22). The minimum Gasteiger partial charge on any atom is -0.461 e. The molecule has 2 aromatic rings. The van der Waals surface area contributed by atoms with E-state index >= 15 is 0 Å². The molecule has 1 aliphatic rings. The van der Waals surface area contributed by atoms with E-state index in [1.807, 2.05) is 0 Å². The van der Waals surface area contributed by atoms with Gasteiger partial charge in [-0.05, 0) is 43.9 Å². The van der Waals surface area contributed by atoms with E-state index in [2.05, 4.69) is 25.1 Å². The average Bonchev–Trinajstić information content (AvgIpc) is 2.95. The lowest BCUT2D eigenvalue weighted by Crippen LogP contribution is -2.25. The Morgan fingerprint density at radius 3 is 2.88 bits per heavy atom. The molecule has 1 heterocycles. The number of hydrogen-bond acceptors (Lipinski definition) is 3. The number of nitrogens with two attached hydrogens (primary N) is 1. The van der Waals surface area contributed by atoms with Crippen LogP contribution in [-0.4, -0.2) is 11.2 Å². The molecule has 1 unspecified atom stereocenters. The number of furan rings is 1. The molecule has 3 nitrogen and oxygen atoms in total. The molecular formula is C20H27NO2S. The smallest absolute Gasteiger partial charge is 0.230 e. The fourth-order valence-corrected chi connectivity index (χ4v) is 4.55. The van der Waals surface area contributed by atoms with Crippen molar-refractivity contribution >= 4 is 28.6 Å². The molecule has 1 aliphatic carbocycles. The lowest BCUT2D eigenvalue weighted by atomic mass is 9.96. The molecule has 0 saturated carbocycles. The van der Waals surface area contributed by atoms with E-state index in [0.717, 1.165) is 41.9 Å². The summed E-state index contributed by atoms with van der Waals surface area (Å²) in [5, 5.41) is 1.09. The highest BCUT2D eigenvalue weighted by molar-refractivity contribution is 8.00. The number of hydrogen-bond donors (Lipinski definition) is 1. The van der Waals surface area contributed by atoms with Crippen LogP contribution in [-0.2, 0) is 17.6 Å². The first kappa shape index (κ1) is 17.4. The second-order valence-corrected chi connectivity index (χ2v) is 8.00. The van der Waals surface area contributed by atoms with Crippen LogP contribution in [0, 0.1) is 0 Å². The molecule has 1 aromatic carbocycles. The van der Waals surface area contributed by atoms with Crippen LogP contribution < -0.4 is 5.73 Å². The molecule has 0 bridgehead atoms. The largest absolute Gasteiger partial charge is 0.461 e. The molecule has 1 atom stereocenters. The summed E-state index contributed by atoms with van der Waals surface area (Å²) in [6, 6.07) is 6.35. The third-order valence-corrected chi connectivity index (χ3v) is 6.12. The number of unbranched alkanes of at least 4 members (excludes halogenated alkanes) is 3. The second-order valence-electron chi connectivity index (χ2n) is 6.73. The van der Waals surface area contributed by atoms with Crippen molar-refractivity contribution in [2.24, 2.45) is 5.73 Å². The highest BCUT2D eigenvalue weighted by atomic mass is 32.2. The number of aryl methyl sites for hydroxylation is 2. The van der Waals surface area contributed by atoms with E-state index < -0.39 is 0 Å². The Balaban J connectivity index is 1.72. The Labute approximate surface area is 148 Å². The molecular weight excluding hydrogens is 318 g/mol. The first-order valence-electron chi connectivity index (χ1n) is 9.19. The van der Waals surface area contributed by atoms with Gasteiger partial charge in [0.15, 0.2) is 0 Å². The first-order chi connectivity index (χ1) is 11.7. The van der Waals surface area contributed by atoms with Gasteiger partial charge in [0.1, 0.15) is 11.3 Å². The zero-order valence-corrected chi connectivity index (χ0v) is 15.3. The van der Waals surface area contributed by atoms with Crippen LogP contribution in [0.1, 0.15) is 63.2 Å².